The van der Waals surface area contributed by atoms with E-state index in [-0.39, 0.29) is 28.9 Å². The van der Waals surface area contributed by atoms with E-state index in [1.165, 1.54) is 22.1 Å². The maximum absolute atomic E-state index is 14.9. The molecule has 0 saturated heterocycles. The van der Waals surface area contributed by atoms with Crippen LogP contribution in [-0.4, -0.2) is 35.2 Å². The van der Waals surface area contributed by atoms with Crippen LogP contribution in [0.3, 0.4) is 0 Å². The number of hydrogen-bond acceptors (Lipinski definition) is 6. The highest BCUT2D eigenvalue weighted by atomic mass is 19.3. The summed E-state index contributed by atoms with van der Waals surface area (Å²) in [5.74, 6) is -2.22. The van der Waals surface area contributed by atoms with Crippen molar-refractivity contribution in [1.82, 2.24) is 15.3 Å². The Morgan fingerprint density at radius 1 is 1.12 bits per heavy atom. The lowest BCUT2D eigenvalue weighted by Crippen LogP contribution is -2.48. The number of nitrogens with zero attached hydrogens (tertiary/aromatic N) is 3. The molecule has 34 heavy (non-hydrogen) atoms. The van der Waals surface area contributed by atoms with Crippen molar-refractivity contribution in [2.24, 2.45) is 0 Å². The van der Waals surface area contributed by atoms with Gasteiger partial charge in [0.25, 0.3) is 0 Å². The summed E-state index contributed by atoms with van der Waals surface area (Å²) in [4.78, 5) is 9.59. The molecule has 2 aliphatic heterocycles. The number of rotatable bonds is 4. The van der Waals surface area contributed by atoms with Crippen molar-refractivity contribution in [2.75, 3.05) is 23.3 Å². The van der Waals surface area contributed by atoms with E-state index in [4.69, 9.17) is 0 Å². The lowest BCUT2D eigenvalue weighted by molar-refractivity contribution is -0.174. The van der Waals surface area contributed by atoms with Crippen LogP contribution in [0.25, 0.3) is 11.3 Å². The minimum absolute atomic E-state index is 0.0928. The van der Waals surface area contributed by atoms with Gasteiger partial charge < -0.3 is 20.3 Å². The van der Waals surface area contributed by atoms with Crippen LogP contribution in [0, 0.1) is 11.6 Å². The fraction of sp³-hybridized carbons (Fsp3) is 0.333. The first-order valence-corrected chi connectivity index (χ1v) is 11.0. The topological polar surface area (TPSA) is 62.3 Å². The zero-order valence-electron chi connectivity index (χ0n) is 18.6. The average Bonchev–Trinajstić information content (AvgIpc) is 2.80. The summed E-state index contributed by atoms with van der Waals surface area (Å²) in [7, 11) is 0. The van der Waals surface area contributed by atoms with Gasteiger partial charge in [-0.1, -0.05) is 6.07 Å². The second kappa shape index (κ2) is 8.43. The second-order valence-electron chi connectivity index (χ2n) is 8.69. The molecule has 3 heterocycles. The highest BCUT2D eigenvalue weighted by Crippen LogP contribution is 2.43. The molecule has 0 radical (unpaired) electrons. The van der Waals surface area contributed by atoms with Gasteiger partial charge in [0.1, 0.15) is 12.2 Å². The number of hydrogen-bond donors (Lipinski definition) is 2. The fourth-order valence-corrected chi connectivity index (χ4v) is 4.27. The van der Waals surface area contributed by atoms with Gasteiger partial charge in [0, 0.05) is 23.8 Å². The molecule has 2 N–H and O–H groups in total. The minimum atomic E-state index is -3.54. The number of halogens is 4. The molecular weight excluding hydrogens is 450 g/mol. The van der Waals surface area contributed by atoms with Crippen LogP contribution in [0.1, 0.15) is 25.0 Å². The van der Waals surface area contributed by atoms with E-state index in [1.54, 1.807) is 13.8 Å². The monoisotopic (exact) mass is 473 g/mol. The molecule has 6 nitrogen and oxygen atoms in total. The highest BCUT2D eigenvalue weighted by Gasteiger charge is 2.43. The lowest BCUT2D eigenvalue weighted by Gasteiger charge is -2.38. The molecule has 3 aromatic rings. The van der Waals surface area contributed by atoms with Crippen LogP contribution in [0.2, 0.25) is 0 Å². The average molecular weight is 473 g/mol. The largest absolute Gasteiger partial charge is 0.426 e. The van der Waals surface area contributed by atoms with Crippen LogP contribution in [-0.2, 0) is 13.0 Å². The quantitative estimate of drug-likeness (QED) is 0.520. The molecule has 0 bridgehead atoms. The zero-order valence-corrected chi connectivity index (χ0v) is 18.6. The van der Waals surface area contributed by atoms with E-state index in [9.17, 15) is 17.6 Å². The summed E-state index contributed by atoms with van der Waals surface area (Å²) in [5.41, 5.74) is 3.22. The van der Waals surface area contributed by atoms with Crippen molar-refractivity contribution >= 4 is 17.3 Å². The Morgan fingerprint density at radius 2 is 1.94 bits per heavy atom. The maximum Gasteiger partial charge on any atom is 0.416 e. The Labute approximate surface area is 194 Å². The molecule has 178 valence electrons. The Bertz CT molecular complexity index is 1250. The molecule has 0 spiro atoms. The summed E-state index contributed by atoms with van der Waals surface area (Å²) >= 11 is 0. The van der Waals surface area contributed by atoms with Gasteiger partial charge in [0.15, 0.2) is 17.4 Å². The molecular formula is C24H23F4N5O. The first kappa shape index (κ1) is 22.4. The third-order valence-electron chi connectivity index (χ3n) is 5.93. The number of nitrogens with one attached hydrogen (secondary N) is 2. The number of alkyl halides is 2. The van der Waals surface area contributed by atoms with Gasteiger partial charge in [-0.3, -0.25) is 0 Å². The van der Waals surface area contributed by atoms with Crippen molar-refractivity contribution in [3.8, 4) is 17.0 Å². The van der Waals surface area contributed by atoms with Gasteiger partial charge in [-0.25, -0.2) is 18.7 Å². The van der Waals surface area contributed by atoms with Crippen molar-refractivity contribution in [3.63, 3.8) is 0 Å². The van der Waals surface area contributed by atoms with Crippen LogP contribution < -0.4 is 20.3 Å². The van der Waals surface area contributed by atoms with Gasteiger partial charge in [0.2, 0.25) is 5.95 Å². The number of anilines is 3. The third-order valence-corrected chi connectivity index (χ3v) is 5.93. The smallest absolute Gasteiger partial charge is 0.416 e. The summed E-state index contributed by atoms with van der Waals surface area (Å²) in [6, 6.07) is 7.88. The lowest BCUT2D eigenvalue weighted by atomic mass is 10.0. The predicted molar refractivity (Wildman–Crippen MR) is 121 cm³/mol. The van der Waals surface area contributed by atoms with Gasteiger partial charge >= 0.3 is 6.11 Å². The number of fused-ring (bicyclic) bond motifs is 2. The van der Waals surface area contributed by atoms with Gasteiger partial charge in [0.05, 0.1) is 11.9 Å². The molecule has 5 rings (SSSR count). The Balaban J connectivity index is 1.51. The second-order valence-corrected chi connectivity index (χ2v) is 8.69. The molecule has 0 saturated carbocycles. The van der Waals surface area contributed by atoms with Crippen LogP contribution in [0.15, 0.2) is 36.5 Å². The Kier molecular flexibility index (Phi) is 5.55. The van der Waals surface area contributed by atoms with E-state index in [1.807, 2.05) is 18.2 Å². The zero-order chi connectivity index (χ0) is 24.0. The Morgan fingerprint density at radius 3 is 2.74 bits per heavy atom. The first-order chi connectivity index (χ1) is 16.2. The van der Waals surface area contributed by atoms with Crippen molar-refractivity contribution in [3.05, 3.63) is 59.3 Å². The van der Waals surface area contributed by atoms with Crippen LogP contribution >= 0.6 is 0 Å². The van der Waals surface area contributed by atoms with E-state index >= 15 is 0 Å². The molecule has 0 fully saturated rings. The standard InChI is InChI=1S/C24H23F4N5O/c1-13(2)33-12-24(27,28)34-22-18(25)8-16(9-20(22)33)21-19(26)11-30-23(32-21)31-17-4-3-15-10-29-6-5-14(15)7-17/h3-4,7-9,11,13,29H,5-6,10,12H2,1-2H3,(H,30,31,32). The molecule has 10 heteroatoms. The number of ether oxygens (including phenoxy) is 1. The first-order valence-electron chi connectivity index (χ1n) is 11.0. The molecule has 2 aromatic carbocycles. The number of benzene rings is 2. The van der Waals surface area contributed by atoms with E-state index in [0.29, 0.717) is 0 Å². The van der Waals surface area contributed by atoms with Crippen LogP contribution in [0.5, 0.6) is 5.75 Å². The van der Waals surface area contributed by atoms with Gasteiger partial charge in [-0.15, -0.1) is 0 Å². The van der Waals surface area contributed by atoms with E-state index < -0.39 is 30.0 Å². The van der Waals surface area contributed by atoms with Crippen molar-refractivity contribution in [2.45, 2.75) is 39.0 Å². The fourth-order valence-electron chi connectivity index (χ4n) is 4.27. The molecule has 0 atom stereocenters. The number of aromatic nitrogens is 2. The third kappa shape index (κ3) is 4.25. The van der Waals surface area contributed by atoms with Crippen molar-refractivity contribution in [1.29, 1.82) is 0 Å². The molecule has 2 aliphatic rings. The predicted octanol–water partition coefficient (Wildman–Crippen LogP) is 5.01. The summed E-state index contributed by atoms with van der Waals surface area (Å²) in [5, 5.41) is 6.38. The maximum atomic E-state index is 14.9. The van der Waals surface area contributed by atoms with Crippen LogP contribution in [0.4, 0.5) is 34.9 Å². The summed E-state index contributed by atoms with van der Waals surface area (Å²) in [6.45, 7) is 4.36. The summed E-state index contributed by atoms with van der Waals surface area (Å²) in [6.07, 6.45) is -1.65. The molecule has 0 amide bonds. The highest BCUT2D eigenvalue weighted by molar-refractivity contribution is 5.73. The van der Waals surface area contributed by atoms with Gasteiger partial charge in [-0.05, 0) is 62.2 Å². The molecule has 0 unspecified atom stereocenters. The SMILES string of the molecule is CC(C)N1CC(F)(F)Oc2c(F)cc(-c3nc(Nc4ccc5c(c4)CCNC5)ncc3F)cc21. The minimum Gasteiger partial charge on any atom is -0.426 e. The van der Waals surface area contributed by atoms with E-state index in [0.717, 1.165) is 37.5 Å². The van der Waals surface area contributed by atoms with Crippen molar-refractivity contribution < 1.29 is 22.3 Å². The summed E-state index contributed by atoms with van der Waals surface area (Å²) < 4.78 is 62.2. The molecule has 1 aromatic heterocycles. The van der Waals surface area contributed by atoms with E-state index in [2.05, 4.69) is 25.3 Å². The molecule has 0 aliphatic carbocycles. The Hall–Kier alpha value is -3.40. The normalized spacial score (nSPS) is 16.6. The van der Waals surface area contributed by atoms with Gasteiger partial charge in [-0.2, -0.15) is 8.78 Å².